The fraction of sp³-hybridized carbons (Fsp3) is 0.500. The summed E-state index contributed by atoms with van der Waals surface area (Å²) in [6.45, 7) is 7.06. The second kappa shape index (κ2) is 5.98. The molecule has 0 aliphatic carbocycles. The predicted molar refractivity (Wildman–Crippen MR) is 69.7 cm³/mol. The summed E-state index contributed by atoms with van der Waals surface area (Å²) in [4.78, 5) is 10.2. The van der Waals surface area contributed by atoms with Crippen LogP contribution in [0.1, 0.15) is 32.3 Å². The molecule has 5 heteroatoms. The number of likely N-dealkylation sites (N-methyl/N-ethyl adjacent to an activating group) is 1. The lowest BCUT2D eigenvalue weighted by Gasteiger charge is -2.21. The topological polar surface area (TPSA) is 55.2 Å². The maximum Gasteiger partial charge on any atom is 0.270 e. The van der Waals surface area contributed by atoms with Gasteiger partial charge in [-0.2, -0.15) is 0 Å². The van der Waals surface area contributed by atoms with Crippen molar-refractivity contribution in [1.29, 1.82) is 0 Å². The summed E-state index contributed by atoms with van der Waals surface area (Å²) in [5, 5.41) is 14.4. The summed E-state index contributed by atoms with van der Waals surface area (Å²) < 4.78 is 0. The first kappa shape index (κ1) is 13.9. The highest BCUT2D eigenvalue weighted by Gasteiger charge is 2.18. The van der Waals surface area contributed by atoms with Gasteiger partial charge in [-0.25, -0.2) is 0 Å². The molecule has 17 heavy (non-hydrogen) atoms. The van der Waals surface area contributed by atoms with Gasteiger partial charge in [-0.05, 0) is 24.9 Å². The van der Waals surface area contributed by atoms with Crippen molar-refractivity contribution in [2.75, 3.05) is 6.54 Å². The highest BCUT2D eigenvalue weighted by Crippen LogP contribution is 2.30. The minimum absolute atomic E-state index is 0.0297. The molecule has 0 radical (unpaired) electrons. The average molecular weight is 257 g/mol. The van der Waals surface area contributed by atoms with E-state index >= 15 is 0 Å². The van der Waals surface area contributed by atoms with Gasteiger partial charge in [0.15, 0.2) is 0 Å². The van der Waals surface area contributed by atoms with Crippen molar-refractivity contribution in [2.45, 2.75) is 32.7 Å². The first-order chi connectivity index (χ1) is 7.97. The van der Waals surface area contributed by atoms with Crippen molar-refractivity contribution in [2.24, 2.45) is 0 Å². The lowest BCUT2D eigenvalue weighted by atomic mass is 9.94. The number of nitrogens with one attached hydrogen (secondary N) is 1. The molecule has 0 aromatic heterocycles. The van der Waals surface area contributed by atoms with Gasteiger partial charge in [0.25, 0.3) is 5.69 Å². The molecule has 0 saturated heterocycles. The minimum atomic E-state index is -0.436. The maximum absolute atomic E-state index is 10.6. The number of benzene rings is 1. The maximum atomic E-state index is 10.6. The van der Waals surface area contributed by atoms with Crippen LogP contribution in [0.4, 0.5) is 5.69 Å². The van der Waals surface area contributed by atoms with Gasteiger partial charge >= 0.3 is 0 Å². The van der Waals surface area contributed by atoms with Gasteiger partial charge in [0.05, 0.1) is 9.95 Å². The van der Waals surface area contributed by atoms with E-state index < -0.39 is 4.92 Å². The molecule has 0 heterocycles. The van der Waals surface area contributed by atoms with Crippen LogP contribution in [0.5, 0.6) is 0 Å². The van der Waals surface area contributed by atoms with Gasteiger partial charge in [0, 0.05) is 18.2 Å². The molecule has 1 aromatic rings. The number of hydrogen-bond acceptors (Lipinski definition) is 3. The SMILES string of the molecule is CCNC(C)C(C)c1ccc([N+](=O)[O-])cc1Cl. The summed E-state index contributed by atoms with van der Waals surface area (Å²) in [7, 11) is 0. The zero-order chi connectivity index (χ0) is 13.0. The van der Waals surface area contributed by atoms with E-state index in [9.17, 15) is 10.1 Å². The first-order valence-corrected chi connectivity index (χ1v) is 6.02. The van der Waals surface area contributed by atoms with Gasteiger partial charge in [-0.1, -0.05) is 31.5 Å². The van der Waals surface area contributed by atoms with Crippen LogP contribution < -0.4 is 5.32 Å². The van der Waals surface area contributed by atoms with Gasteiger partial charge in [-0.3, -0.25) is 10.1 Å². The fourth-order valence-corrected chi connectivity index (χ4v) is 2.11. The first-order valence-electron chi connectivity index (χ1n) is 5.64. The van der Waals surface area contributed by atoms with E-state index in [0.717, 1.165) is 12.1 Å². The van der Waals surface area contributed by atoms with Crippen LogP contribution in [-0.2, 0) is 0 Å². The highest BCUT2D eigenvalue weighted by atomic mass is 35.5. The average Bonchev–Trinajstić information content (AvgIpc) is 2.28. The van der Waals surface area contributed by atoms with Crippen LogP contribution >= 0.6 is 11.6 Å². The molecule has 0 amide bonds. The number of rotatable bonds is 5. The number of hydrogen-bond donors (Lipinski definition) is 1. The molecule has 0 fully saturated rings. The van der Waals surface area contributed by atoms with Crippen molar-refractivity contribution in [1.82, 2.24) is 5.32 Å². The molecule has 0 aliphatic rings. The van der Waals surface area contributed by atoms with Crippen molar-refractivity contribution in [3.05, 3.63) is 38.9 Å². The van der Waals surface area contributed by atoms with Gasteiger partial charge in [0.2, 0.25) is 0 Å². The molecule has 1 N–H and O–H groups in total. The van der Waals surface area contributed by atoms with Crippen molar-refractivity contribution in [3.8, 4) is 0 Å². The molecule has 1 rings (SSSR count). The Morgan fingerprint density at radius 3 is 2.59 bits per heavy atom. The van der Waals surface area contributed by atoms with Crippen LogP contribution in [0.15, 0.2) is 18.2 Å². The van der Waals surface area contributed by atoms with Gasteiger partial charge < -0.3 is 5.32 Å². The van der Waals surface area contributed by atoms with Gasteiger partial charge in [0.1, 0.15) is 0 Å². The van der Waals surface area contributed by atoms with E-state index in [2.05, 4.69) is 19.2 Å². The lowest BCUT2D eigenvalue weighted by molar-refractivity contribution is -0.384. The molecule has 0 saturated carbocycles. The molecule has 2 atom stereocenters. The van der Waals surface area contributed by atoms with E-state index in [0.29, 0.717) is 5.02 Å². The quantitative estimate of drug-likeness (QED) is 0.649. The lowest BCUT2D eigenvalue weighted by Crippen LogP contribution is -2.30. The Hall–Kier alpha value is -1.13. The highest BCUT2D eigenvalue weighted by molar-refractivity contribution is 6.31. The van der Waals surface area contributed by atoms with Crippen LogP contribution in [0.3, 0.4) is 0 Å². The number of halogens is 1. The Morgan fingerprint density at radius 2 is 2.12 bits per heavy atom. The third kappa shape index (κ3) is 3.41. The number of nitro groups is 1. The second-order valence-electron chi connectivity index (χ2n) is 4.10. The molecule has 94 valence electrons. The summed E-state index contributed by atoms with van der Waals surface area (Å²) in [5.74, 6) is 0.211. The molecule has 0 aliphatic heterocycles. The fourth-order valence-electron chi connectivity index (χ4n) is 1.77. The van der Waals surface area contributed by atoms with Crippen molar-refractivity contribution in [3.63, 3.8) is 0 Å². The predicted octanol–water partition coefficient (Wildman–Crippen LogP) is 3.35. The Bertz CT molecular complexity index is 409. The largest absolute Gasteiger partial charge is 0.314 e. The Morgan fingerprint density at radius 1 is 1.47 bits per heavy atom. The zero-order valence-corrected chi connectivity index (χ0v) is 11.0. The van der Waals surface area contributed by atoms with Crippen LogP contribution in [-0.4, -0.2) is 17.5 Å². The minimum Gasteiger partial charge on any atom is -0.314 e. The number of nitrogens with zero attached hydrogens (tertiary/aromatic N) is 1. The van der Waals surface area contributed by atoms with E-state index in [1.165, 1.54) is 12.1 Å². The van der Waals surface area contributed by atoms with Gasteiger partial charge in [-0.15, -0.1) is 0 Å². The normalized spacial score (nSPS) is 14.4. The van der Waals surface area contributed by atoms with Crippen LogP contribution in [0.25, 0.3) is 0 Å². The summed E-state index contributed by atoms with van der Waals surface area (Å²) in [6, 6.07) is 4.92. The Labute approximate surface area is 106 Å². The van der Waals surface area contributed by atoms with E-state index in [4.69, 9.17) is 11.6 Å². The van der Waals surface area contributed by atoms with E-state index in [1.807, 2.05) is 6.92 Å². The Kier molecular flexibility index (Phi) is 4.90. The molecule has 1 aromatic carbocycles. The monoisotopic (exact) mass is 256 g/mol. The summed E-state index contributed by atoms with van der Waals surface area (Å²) in [5.41, 5.74) is 0.966. The standard InChI is InChI=1S/C12H17ClN2O2/c1-4-14-9(3)8(2)11-6-5-10(15(16)17)7-12(11)13/h5-9,14H,4H2,1-3H3. The molecule has 0 bridgehead atoms. The molecular formula is C12H17ClN2O2. The summed E-state index contributed by atoms with van der Waals surface area (Å²) in [6.07, 6.45) is 0. The molecule has 4 nitrogen and oxygen atoms in total. The Balaban J connectivity index is 2.95. The smallest absolute Gasteiger partial charge is 0.270 e. The van der Waals surface area contributed by atoms with Crippen molar-refractivity contribution >= 4 is 17.3 Å². The zero-order valence-electron chi connectivity index (χ0n) is 10.2. The van der Waals surface area contributed by atoms with E-state index in [1.54, 1.807) is 6.07 Å². The summed E-state index contributed by atoms with van der Waals surface area (Å²) >= 11 is 6.08. The van der Waals surface area contributed by atoms with Crippen molar-refractivity contribution < 1.29 is 4.92 Å². The van der Waals surface area contributed by atoms with E-state index in [-0.39, 0.29) is 17.6 Å². The third-order valence-electron chi connectivity index (χ3n) is 2.96. The van der Waals surface area contributed by atoms with Crippen LogP contribution in [0.2, 0.25) is 5.02 Å². The third-order valence-corrected chi connectivity index (χ3v) is 3.29. The van der Waals surface area contributed by atoms with Crippen LogP contribution in [0, 0.1) is 10.1 Å². The molecule has 2 unspecified atom stereocenters. The molecule has 0 spiro atoms. The number of non-ortho nitro benzene ring substituents is 1. The molecular weight excluding hydrogens is 240 g/mol. The second-order valence-corrected chi connectivity index (χ2v) is 4.51. The number of nitro benzene ring substituents is 1.